The van der Waals surface area contributed by atoms with Crippen LogP contribution in [0.15, 0.2) is 24.3 Å². The van der Waals surface area contributed by atoms with Crippen molar-refractivity contribution in [1.82, 2.24) is 0 Å². The molecule has 0 saturated heterocycles. The van der Waals surface area contributed by atoms with Crippen molar-refractivity contribution in [1.29, 1.82) is 0 Å². The zero-order valence-electron chi connectivity index (χ0n) is 9.14. The van der Waals surface area contributed by atoms with Crippen LogP contribution in [-0.2, 0) is 5.33 Å². The Kier molecular flexibility index (Phi) is 5.84. The third kappa shape index (κ3) is 4.52. The Hall–Kier alpha value is 0.0562. The van der Waals surface area contributed by atoms with E-state index in [2.05, 4.69) is 20.7 Å². The van der Waals surface area contributed by atoms with Gasteiger partial charge in [0.05, 0.1) is 0 Å². The first-order valence-corrected chi connectivity index (χ1v) is 4.54. The maximum absolute atomic E-state index is 11.8. The fourth-order valence-corrected chi connectivity index (χ4v) is 1.30. The van der Waals surface area contributed by atoms with Crippen molar-refractivity contribution in [2.24, 2.45) is 0 Å². The second kappa shape index (κ2) is 5.82. The Morgan fingerprint density at radius 3 is 2.36 bits per heavy atom. The normalized spacial score (nSPS) is 10.6. The molecule has 76 valence electrons. The Bertz CT molecular complexity index is 299. The van der Waals surface area contributed by atoms with E-state index in [0.717, 1.165) is 0 Å². The summed E-state index contributed by atoms with van der Waals surface area (Å²) < 4.78 is 39.3. The van der Waals surface area contributed by atoms with Gasteiger partial charge in [0.1, 0.15) is 5.75 Å². The van der Waals surface area contributed by atoms with Crippen molar-refractivity contribution >= 4 is 39.0 Å². The first-order chi connectivity index (χ1) is 6.03. The molecule has 14 heavy (non-hydrogen) atoms. The molecule has 0 spiro atoms. The van der Waals surface area contributed by atoms with Crippen LogP contribution in [0.5, 0.6) is 5.75 Å². The third-order valence-corrected chi connectivity index (χ3v) is 1.95. The number of ether oxygens (including phenoxy) is 1. The van der Waals surface area contributed by atoms with Gasteiger partial charge in [-0.25, -0.2) is 0 Å². The molecular weight excluding hydrogens is 273 g/mol. The van der Waals surface area contributed by atoms with Crippen LogP contribution >= 0.6 is 15.9 Å². The number of halogens is 4. The van der Waals surface area contributed by atoms with Crippen LogP contribution in [0, 0.1) is 0 Å². The average molecular weight is 281 g/mol. The van der Waals surface area contributed by atoms with Gasteiger partial charge in [-0.05, 0) is 6.07 Å². The Labute approximate surface area is 107 Å². The topological polar surface area (TPSA) is 9.23 Å². The molecule has 1 aromatic carbocycles. The SMILES string of the molecule is FC(F)(F)Oc1ccccc1CBr.[H-].[H-].[Mg+2]. The minimum atomic E-state index is -4.63. The van der Waals surface area contributed by atoms with Gasteiger partial charge in [0, 0.05) is 10.9 Å². The van der Waals surface area contributed by atoms with Gasteiger partial charge in [0.15, 0.2) is 0 Å². The maximum atomic E-state index is 11.8. The predicted octanol–water partition coefficient (Wildman–Crippen LogP) is 3.32. The van der Waals surface area contributed by atoms with Crippen molar-refractivity contribution in [2.75, 3.05) is 0 Å². The molecule has 0 N–H and O–H groups in total. The minimum absolute atomic E-state index is 0. The summed E-state index contributed by atoms with van der Waals surface area (Å²) in [5, 5.41) is 0.333. The standard InChI is InChI=1S/C8H6BrF3O.Mg.2H/c9-5-6-3-1-2-4-7(6)13-8(10,11)12;;;/h1-4H,5H2;;;/q;+2;2*-1. The van der Waals surface area contributed by atoms with Crippen LogP contribution in [0.1, 0.15) is 8.42 Å². The van der Waals surface area contributed by atoms with Crippen LogP contribution in [-0.4, -0.2) is 29.4 Å². The van der Waals surface area contributed by atoms with E-state index < -0.39 is 6.36 Å². The summed E-state index contributed by atoms with van der Waals surface area (Å²) in [6.07, 6.45) is -4.63. The average Bonchev–Trinajstić information content (AvgIpc) is 2.02. The number of alkyl halides is 4. The van der Waals surface area contributed by atoms with Gasteiger partial charge >= 0.3 is 29.4 Å². The number of hydrogen-bond acceptors (Lipinski definition) is 1. The van der Waals surface area contributed by atoms with Crippen LogP contribution < -0.4 is 4.74 Å². The maximum Gasteiger partial charge on any atom is 2.00 e. The van der Waals surface area contributed by atoms with E-state index in [4.69, 9.17) is 0 Å². The first-order valence-electron chi connectivity index (χ1n) is 3.42. The number of hydrogen-bond donors (Lipinski definition) is 0. The molecular formula is C8H8BrF3MgO. The monoisotopic (exact) mass is 280 g/mol. The quantitative estimate of drug-likeness (QED) is 0.597. The first kappa shape index (κ1) is 14.1. The second-order valence-electron chi connectivity index (χ2n) is 2.29. The van der Waals surface area contributed by atoms with E-state index in [1.54, 1.807) is 12.1 Å². The van der Waals surface area contributed by atoms with E-state index in [1.165, 1.54) is 12.1 Å². The molecule has 0 aliphatic heterocycles. The van der Waals surface area contributed by atoms with Crippen molar-refractivity contribution in [3.05, 3.63) is 29.8 Å². The Morgan fingerprint density at radius 1 is 1.29 bits per heavy atom. The van der Waals surface area contributed by atoms with Gasteiger partial charge in [-0.1, -0.05) is 34.1 Å². The molecule has 0 aromatic heterocycles. The summed E-state index contributed by atoms with van der Waals surface area (Å²) in [4.78, 5) is 0. The third-order valence-electron chi connectivity index (χ3n) is 1.34. The summed E-state index contributed by atoms with van der Waals surface area (Å²) in [5.41, 5.74) is 0.472. The Morgan fingerprint density at radius 2 is 1.86 bits per heavy atom. The fraction of sp³-hybridized carbons (Fsp3) is 0.250. The van der Waals surface area contributed by atoms with Crippen molar-refractivity contribution < 1.29 is 20.8 Å². The molecule has 0 unspecified atom stereocenters. The van der Waals surface area contributed by atoms with Crippen molar-refractivity contribution in [3.8, 4) is 5.75 Å². The van der Waals surface area contributed by atoms with E-state index in [1.807, 2.05) is 0 Å². The molecule has 0 saturated carbocycles. The van der Waals surface area contributed by atoms with Crippen LogP contribution in [0.4, 0.5) is 13.2 Å². The van der Waals surface area contributed by atoms with E-state index >= 15 is 0 Å². The number of para-hydroxylation sites is 1. The molecule has 0 amide bonds. The number of rotatable bonds is 2. The summed E-state index contributed by atoms with van der Waals surface area (Å²) in [6.45, 7) is 0. The van der Waals surface area contributed by atoms with Crippen molar-refractivity contribution in [2.45, 2.75) is 11.7 Å². The summed E-state index contributed by atoms with van der Waals surface area (Å²) in [7, 11) is 0. The van der Waals surface area contributed by atoms with Crippen LogP contribution in [0.2, 0.25) is 0 Å². The van der Waals surface area contributed by atoms with E-state index in [9.17, 15) is 13.2 Å². The fourth-order valence-electron chi connectivity index (χ4n) is 0.838. The summed E-state index contributed by atoms with van der Waals surface area (Å²) >= 11 is 3.07. The zero-order chi connectivity index (χ0) is 9.90. The van der Waals surface area contributed by atoms with Crippen LogP contribution in [0.3, 0.4) is 0 Å². The van der Waals surface area contributed by atoms with Crippen molar-refractivity contribution in [3.63, 3.8) is 0 Å². The largest absolute Gasteiger partial charge is 2.00 e. The van der Waals surface area contributed by atoms with E-state index in [-0.39, 0.29) is 31.7 Å². The van der Waals surface area contributed by atoms with Gasteiger partial charge in [-0.15, -0.1) is 13.2 Å². The van der Waals surface area contributed by atoms with Crippen LogP contribution in [0.25, 0.3) is 0 Å². The zero-order valence-corrected chi connectivity index (χ0v) is 10.1. The van der Waals surface area contributed by atoms with Gasteiger partial charge in [-0.3, -0.25) is 0 Å². The minimum Gasteiger partial charge on any atom is -1.00 e. The smallest absolute Gasteiger partial charge is 1.00 e. The molecule has 1 aromatic rings. The molecule has 6 heteroatoms. The number of benzene rings is 1. The van der Waals surface area contributed by atoms with Gasteiger partial charge in [0.2, 0.25) is 0 Å². The Balaban J connectivity index is -0.000000563. The molecule has 1 rings (SSSR count). The molecule has 0 fully saturated rings. The van der Waals surface area contributed by atoms with Gasteiger partial charge in [-0.2, -0.15) is 0 Å². The molecule has 0 radical (unpaired) electrons. The molecule has 0 atom stereocenters. The van der Waals surface area contributed by atoms with Gasteiger partial charge in [0.25, 0.3) is 0 Å². The summed E-state index contributed by atoms with van der Waals surface area (Å²) in [5.74, 6) is -0.160. The van der Waals surface area contributed by atoms with Gasteiger partial charge < -0.3 is 7.59 Å². The molecule has 1 nitrogen and oxygen atoms in total. The predicted molar refractivity (Wildman–Crippen MR) is 53.7 cm³/mol. The van der Waals surface area contributed by atoms with E-state index in [0.29, 0.717) is 10.9 Å². The molecule has 0 aliphatic carbocycles. The molecule has 0 aliphatic rings. The molecule has 0 bridgehead atoms. The summed E-state index contributed by atoms with van der Waals surface area (Å²) in [6, 6.07) is 5.99. The second-order valence-corrected chi connectivity index (χ2v) is 2.85. The molecule has 0 heterocycles.